The van der Waals surface area contributed by atoms with Gasteiger partial charge in [-0.05, 0) is 13.0 Å². The summed E-state index contributed by atoms with van der Waals surface area (Å²) in [6, 6.07) is 11.7. The second-order valence-corrected chi connectivity index (χ2v) is 6.10. The van der Waals surface area contributed by atoms with Crippen LogP contribution in [-0.4, -0.2) is 34.8 Å². The molecule has 0 aliphatic heterocycles. The van der Waals surface area contributed by atoms with E-state index >= 15 is 0 Å². The Morgan fingerprint density at radius 1 is 0.960 bits per heavy atom. The van der Waals surface area contributed by atoms with E-state index < -0.39 is 0 Å². The van der Waals surface area contributed by atoms with Crippen molar-refractivity contribution in [2.45, 2.75) is 26.7 Å². The molecule has 0 spiro atoms. The molecule has 7 heteroatoms. The zero-order valence-corrected chi connectivity index (χ0v) is 14.2. The molecule has 0 radical (unpaired) electrons. The van der Waals surface area contributed by atoms with Crippen molar-refractivity contribution in [1.29, 1.82) is 0 Å². The Bertz CT molecular complexity index is 1040. The summed E-state index contributed by atoms with van der Waals surface area (Å²) in [6.07, 6.45) is 1.75. The third-order valence-corrected chi connectivity index (χ3v) is 3.96. The average molecular weight is 331 g/mol. The van der Waals surface area contributed by atoms with Gasteiger partial charge in [0.25, 0.3) is 5.78 Å². The lowest BCUT2D eigenvalue weighted by Crippen LogP contribution is -2.05. The average Bonchev–Trinajstić information content (AvgIpc) is 3.08. The van der Waals surface area contributed by atoms with Crippen LogP contribution in [-0.2, 0) is 0 Å². The number of hydrogen-bond acceptors (Lipinski definition) is 6. The first-order chi connectivity index (χ1) is 12.1. The van der Waals surface area contributed by atoms with E-state index in [1.165, 1.54) is 0 Å². The van der Waals surface area contributed by atoms with E-state index in [4.69, 9.17) is 0 Å². The summed E-state index contributed by atoms with van der Waals surface area (Å²) in [5.41, 5.74) is 3.20. The second kappa shape index (κ2) is 6.01. The van der Waals surface area contributed by atoms with Crippen molar-refractivity contribution in [2.24, 2.45) is 0 Å². The highest BCUT2D eigenvalue weighted by molar-refractivity contribution is 5.60. The van der Waals surface area contributed by atoms with Gasteiger partial charge in [0.2, 0.25) is 0 Å². The van der Waals surface area contributed by atoms with Gasteiger partial charge in [0, 0.05) is 17.7 Å². The van der Waals surface area contributed by atoms with E-state index in [0.717, 1.165) is 22.8 Å². The van der Waals surface area contributed by atoms with E-state index in [1.54, 1.807) is 10.7 Å². The quantitative estimate of drug-likeness (QED) is 0.574. The molecule has 1 aromatic carbocycles. The molecule has 0 unspecified atom stereocenters. The van der Waals surface area contributed by atoms with E-state index in [0.29, 0.717) is 17.3 Å². The summed E-state index contributed by atoms with van der Waals surface area (Å²) in [5.74, 6) is 2.12. The van der Waals surface area contributed by atoms with Crippen LogP contribution in [0.15, 0.2) is 42.6 Å². The topological polar surface area (TPSA) is 81.8 Å². The molecule has 0 aliphatic carbocycles. The van der Waals surface area contributed by atoms with Crippen LogP contribution in [0.2, 0.25) is 0 Å². The van der Waals surface area contributed by atoms with Crippen molar-refractivity contribution >= 4 is 5.78 Å². The van der Waals surface area contributed by atoms with Gasteiger partial charge in [0.1, 0.15) is 11.5 Å². The minimum atomic E-state index is 0.244. The van der Waals surface area contributed by atoms with Crippen molar-refractivity contribution in [3.63, 3.8) is 0 Å². The number of aromatic nitrogens is 7. The Kier molecular flexibility index (Phi) is 3.68. The third-order valence-electron chi connectivity index (χ3n) is 3.96. The highest BCUT2D eigenvalue weighted by Crippen LogP contribution is 2.21. The van der Waals surface area contributed by atoms with Crippen LogP contribution in [0.5, 0.6) is 0 Å². The molecule has 0 bridgehead atoms. The third kappa shape index (κ3) is 2.73. The molecule has 0 N–H and O–H groups in total. The molecular weight excluding hydrogens is 314 g/mol. The van der Waals surface area contributed by atoms with Crippen molar-refractivity contribution in [3.8, 4) is 22.8 Å². The maximum Gasteiger partial charge on any atom is 0.272 e. The van der Waals surface area contributed by atoms with E-state index in [1.807, 2.05) is 43.3 Å². The lowest BCUT2D eigenvalue weighted by molar-refractivity contribution is 0.772. The van der Waals surface area contributed by atoms with Crippen LogP contribution < -0.4 is 0 Å². The number of hydrogen-bond donors (Lipinski definition) is 0. The molecule has 0 fully saturated rings. The monoisotopic (exact) mass is 331 g/mol. The standard InChI is InChI=1S/C18H17N7/c1-11(2)16-19-10-9-14(20-16)15-12(3)25-18(23-22-15)21-17(24-25)13-7-5-4-6-8-13/h4-11H,1-3H3. The number of benzene rings is 1. The Morgan fingerprint density at radius 3 is 2.52 bits per heavy atom. The normalized spacial score (nSPS) is 11.4. The van der Waals surface area contributed by atoms with Gasteiger partial charge in [-0.25, -0.2) is 9.97 Å². The summed E-state index contributed by atoms with van der Waals surface area (Å²) in [7, 11) is 0. The van der Waals surface area contributed by atoms with Gasteiger partial charge in [-0.1, -0.05) is 44.2 Å². The Labute approximate surface area is 144 Å². The SMILES string of the molecule is Cc1c(-c2ccnc(C(C)C)n2)nnc2nc(-c3ccccc3)nn12. The smallest absolute Gasteiger partial charge is 0.241 e. The van der Waals surface area contributed by atoms with Crippen LogP contribution in [0.25, 0.3) is 28.6 Å². The van der Waals surface area contributed by atoms with Crippen LogP contribution in [0.4, 0.5) is 0 Å². The van der Waals surface area contributed by atoms with E-state index in [9.17, 15) is 0 Å². The summed E-state index contributed by atoms with van der Waals surface area (Å²) in [5, 5.41) is 13.1. The van der Waals surface area contributed by atoms with Gasteiger partial charge < -0.3 is 0 Å². The molecular formula is C18H17N7. The number of fused-ring (bicyclic) bond motifs is 1. The zero-order valence-electron chi connectivity index (χ0n) is 14.2. The Hall–Kier alpha value is -3.22. The lowest BCUT2D eigenvalue weighted by atomic mass is 10.2. The maximum atomic E-state index is 4.60. The summed E-state index contributed by atoms with van der Waals surface area (Å²) in [6.45, 7) is 6.06. The molecule has 3 aromatic heterocycles. The fraction of sp³-hybridized carbons (Fsp3) is 0.222. The molecule has 3 heterocycles. The van der Waals surface area contributed by atoms with Gasteiger partial charge in [0.05, 0.1) is 11.4 Å². The first kappa shape index (κ1) is 15.3. The largest absolute Gasteiger partial charge is 0.272 e. The molecule has 0 saturated heterocycles. The Balaban J connectivity index is 1.84. The van der Waals surface area contributed by atoms with Crippen LogP contribution in [0, 0.1) is 6.92 Å². The molecule has 4 aromatic rings. The van der Waals surface area contributed by atoms with Gasteiger partial charge in [-0.3, -0.25) is 0 Å². The summed E-state index contributed by atoms with van der Waals surface area (Å²) in [4.78, 5) is 13.4. The molecule has 4 rings (SSSR count). The van der Waals surface area contributed by atoms with Crippen molar-refractivity contribution in [3.05, 3.63) is 54.1 Å². The maximum absolute atomic E-state index is 4.60. The Morgan fingerprint density at radius 2 is 1.76 bits per heavy atom. The van der Waals surface area contributed by atoms with E-state index in [2.05, 4.69) is 44.1 Å². The molecule has 25 heavy (non-hydrogen) atoms. The van der Waals surface area contributed by atoms with E-state index in [-0.39, 0.29) is 5.92 Å². The molecule has 124 valence electrons. The highest BCUT2D eigenvalue weighted by atomic mass is 15.4. The molecule has 0 amide bonds. The van der Waals surface area contributed by atoms with Gasteiger partial charge in [-0.2, -0.15) is 9.50 Å². The fourth-order valence-corrected chi connectivity index (χ4v) is 2.59. The second-order valence-electron chi connectivity index (χ2n) is 6.10. The van der Waals surface area contributed by atoms with Crippen molar-refractivity contribution in [1.82, 2.24) is 34.8 Å². The van der Waals surface area contributed by atoms with Crippen molar-refractivity contribution < 1.29 is 0 Å². The highest BCUT2D eigenvalue weighted by Gasteiger charge is 2.15. The lowest BCUT2D eigenvalue weighted by Gasteiger charge is -2.07. The molecule has 0 atom stereocenters. The predicted molar refractivity (Wildman–Crippen MR) is 93.9 cm³/mol. The summed E-state index contributed by atoms with van der Waals surface area (Å²) >= 11 is 0. The van der Waals surface area contributed by atoms with Gasteiger partial charge in [-0.15, -0.1) is 15.3 Å². The predicted octanol–water partition coefficient (Wildman–Crippen LogP) is 3.08. The van der Waals surface area contributed by atoms with Gasteiger partial charge in [0.15, 0.2) is 5.82 Å². The van der Waals surface area contributed by atoms with Crippen LogP contribution >= 0.6 is 0 Å². The molecule has 0 aliphatic rings. The van der Waals surface area contributed by atoms with Gasteiger partial charge >= 0.3 is 0 Å². The number of nitrogens with zero attached hydrogens (tertiary/aromatic N) is 7. The van der Waals surface area contributed by atoms with Crippen LogP contribution in [0.1, 0.15) is 31.3 Å². The minimum absolute atomic E-state index is 0.244. The number of aryl methyl sites for hydroxylation is 1. The van der Waals surface area contributed by atoms with Crippen molar-refractivity contribution in [2.75, 3.05) is 0 Å². The number of rotatable bonds is 3. The fourth-order valence-electron chi connectivity index (χ4n) is 2.59. The first-order valence-electron chi connectivity index (χ1n) is 8.12. The van der Waals surface area contributed by atoms with Crippen LogP contribution in [0.3, 0.4) is 0 Å². The molecule has 7 nitrogen and oxygen atoms in total. The molecule has 0 saturated carbocycles. The summed E-state index contributed by atoms with van der Waals surface area (Å²) < 4.78 is 1.71. The first-order valence-corrected chi connectivity index (χ1v) is 8.12. The minimum Gasteiger partial charge on any atom is -0.241 e. The zero-order chi connectivity index (χ0) is 17.4.